The predicted octanol–water partition coefficient (Wildman–Crippen LogP) is 3.88. The third-order valence-electron chi connectivity index (χ3n) is 6.51. The number of fused-ring (bicyclic) bond motifs is 1. The van der Waals surface area contributed by atoms with Gasteiger partial charge in [-0.25, -0.2) is 28.3 Å². The number of hydrogen-bond donors (Lipinski definition) is 1. The zero-order chi connectivity index (χ0) is 35.2. The van der Waals surface area contributed by atoms with Crippen molar-refractivity contribution in [3.63, 3.8) is 0 Å². The largest absolute Gasteiger partial charge is 0.314 e. The molecule has 2 aliphatic rings. The van der Waals surface area contributed by atoms with Crippen LogP contribution in [0.1, 0.15) is 23.5 Å². The monoisotopic (exact) mass is 605 g/mol. The summed E-state index contributed by atoms with van der Waals surface area (Å²) < 4.78 is 95.6. The summed E-state index contributed by atoms with van der Waals surface area (Å²) >= 11 is 12.5. The van der Waals surface area contributed by atoms with Crippen LogP contribution in [0.15, 0.2) is 72.4 Å². The molecule has 4 aromatic rings. The molecule has 10 nitrogen and oxygen atoms in total. The number of halogens is 2. The highest BCUT2D eigenvalue weighted by Crippen LogP contribution is 2.45. The molecule has 4 heterocycles. The van der Waals surface area contributed by atoms with Gasteiger partial charge >= 0.3 is 0 Å². The van der Waals surface area contributed by atoms with Crippen molar-refractivity contribution in [2.45, 2.75) is 23.9 Å². The molecule has 0 bridgehead atoms. The summed E-state index contributed by atoms with van der Waals surface area (Å²) in [5.74, 6) is -0.961. The minimum atomic E-state index is -5.53. The second-order valence-electron chi connectivity index (χ2n) is 9.14. The standard InChI is InChI=1S/C27H25Cl2N7O3S/c1-27(13-18-2-4-19(5-3-18)20-14-31-17-32-15-20)25(37)35(23-11-21(28)10-22(29)12-23)26-33-16-24(36(26)27)40(38,39)34-8-6-30-7-9-34/h2-5,10-12,14-17,30H,6-9,13H2,1H3/t27-/m1/s1/i6D2,7D2,8D2,9D2. The van der Waals surface area contributed by atoms with Crippen LogP contribution in [0, 0.1) is 0 Å². The fourth-order valence-electron chi connectivity index (χ4n) is 4.70. The summed E-state index contributed by atoms with van der Waals surface area (Å²) in [6.07, 6.45) is 5.25. The smallest absolute Gasteiger partial charge is 0.260 e. The fraction of sp³-hybridized carbons (Fsp3) is 0.259. The van der Waals surface area contributed by atoms with E-state index in [0.29, 0.717) is 5.56 Å². The van der Waals surface area contributed by atoms with Gasteiger partial charge in [0.05, 0.1) is 11.9 Å². The van der Waals surface area contributed by atoms with Crippen molar-refractivity contribution < 1.29 is 24.2 Å². The van der Waals surface area contributed by atoms with Crippen LogP contribution >= 0.6 is 23.2 Å². The lowest BCUT2D eigenvalue weighted by Gasteiger charge is -2.30. The van der Waals surface area contributed by atoms with E-state index in [2.05, 4.69) is 15.0 Å². The molecule has 1 fully saturated rings. The van der Waals surface area contributed by atoms with Crippen molar-refractivity contribution in [3.05, 3.63) is 83.0 Å². The Labute approximate surface area is 252 Å². The van der Waals surface area contributed by atoms with Gasteiger partial charge in [0.25, 0.3) is 15.9 Å². The van der Waals surface area contributed by atoms with Crippen molar-refractivity contribution >= 4 is 50.8 Å². The molecule has 1 amide bonds. The summed E-state index contributed by atoms with van der Waals surface area (Å²) in [5, 5.41) is 1.03. The number of piperazine rings is 1. The number of anilines is 2. The van der Waals surface area contributed by atoms with Gasteiger partial charge in [0.15, 0.2) is 5.03 Å². The average Bonchev–Trinajstić information content (AvgIpc) is 3.50. The van der Waals surface area contributed by atoms with E-state index in [0.717, 1.165) is 26.8 Å². The average molecular weight is 607 g/mol. The lowest BCUT2D eigenvalue weighted by Crippen LogP contribution is -2.48. The normalized spacial score (nSPS) is 27.7. The highest BCUT2D eigenvalue weighted by Gasteiger charge is 2.52. The molecule has 0 radical (unpaired) electrons. The van der Waals surface area contributed by atoms with Crippen LogP contribution in [0.3, 0.4) is 0 Å². The Morgan fingerprint density at radius 3 is 2.30 bits per heavy atom. The number of imidazole rings is 1. The summed E-state index contributed by atoms with van der Waals surface area (Å²) in [5.41, 5.74) is 0.334. The molecule has 40 heavy (non-hydrogen) atoms. The van der Waals surface area contributed by atoms with E-state index < -0.39 is 56.8 Å². The number of benzene rings is 2. The maximum Gasteiger partial charge on any atom is 0.260 e. The maximum absolute atomic E-state index is 14.5. The molecule has 13 heteroatoms. The molecule has 2 aromatic heterocycles. The molecule has 0 unspecified atom stereocenters. The Morgan fingerprint density at radius 2 is 1.65 bits per heavy atom. The zero-order valence-corrected chi connectivity index (χ0v) is 23.0. The van der Waals surface area contributed by atoms with Crippen LogP contribution in [0.2, 0.25) is 10.0 Å². The molecule has 0 spiro atoms. The lowest BCUT2D eigenvalue weighted by atomic mass is 9.91. The van der Waals surface area contributed by atoms with Crippen molar-refractivity contribution in [1.29, 1.82) is 0 Å². The Bertz CT molecular complexity index is 2010. The van der Waals surface area contributed by atoms with Crippen LogP contribution in [0.4, 0.5) is 11.6 Å². The quantitative estimate of drug-likeness (QED) is 0.355. The van der Waals surface area contributed by atoms with Gasteiger partial charge in [-0.05, 0) is 36.2 Å². The Kier molecular flexibility index (Phi) is 4.84. The SMILES string of the molecule is [2H]C1([2H])NC([2H])([2H])C([2H])([2H])N(S(=O)(=O)c2cnc3n2[C@](C)(Cc2ccc(-c4cncnc4)cc2)C(=O)N3c2cc(Cl)cc(Cl)c2)C1([2H])[2H]. The maximum atomic E-state index is 14.5. The van der Waals surface area contributed by atoms with E-state index in [-0.39, 0.29) is 28.1 Å². The van der Waals surface area contributed by atoms with E-state index in [1.165, 1.54) is 31.5 Å². The van der Waals surface area contributed by atoms with Crippen molar-refractivity contribution in [1.82, 2.24) is 29.1 Å². The number of aromatic nitrogens is 4. The van der Waals surface area contributed by atoms with Crippen molar-refractivity contribution in [3.8, 4) is 11.1 Å². The van der Waals surface area contributed by atoms with E-state index in [9.17, 15) is 13.2 Å². The first kappa shape index (κ1) is 18.9. The molecule has 1 saturated heterocycles. The minimum Gasteiger partial charge on any atom is -0.314 e. The number of sulfonamides is 1. The zero-order valence-electron chi connectivity index (χ0n) is 28.6. The van der Waals surface area contributed by atoms with E-state index in [1.807, 2.05) is 0 Å². The number of carbonyl (C=O) groups excluding carboxylic acids is 1. The van der Waals surface area contributed by atoms with Gasteiger partial charge in [0.1, 0.15) is 11.9 Å². The molecule has 1 atom stereocenters. The molecular weight excluding hydrogens is 573 g/mol. The number of hydrogen-bond acceptors (Lipinski definition) is 7. The number of carbonyl (C=O) groups is 1. The Morgan fingerprint density at radius 1 is 1.00 bits per heavy atom. The van der Waals surface area contributed by atoms with E-state index >= 15 is 0 Å². The second kappa shape index (κ2) is 10.2. The molecule has 2 aromatic carbocycles. The van der Waals surface area contributed by atoms with E-state index in [1.54, 1.807) is 42.0 Å². The van der Waals surface area contributed by atoms with Gasteiger partial charge in [0, 0.05) is 71.4 Å². The van der Waals surface area contributed by atoms with Gasteiger partial charge < -0.3 is 5.32 Å². The highest BCUT2D eigenvalue weighted by molar-refractivity contribution is 7.89. The van der Waals surface area contributed by atoms with Gasteiger partial charge in [-0.15, -0.1) is 0 Å². The van der Waals surface area contributed by atoms with Crippen LogP contribution in [0.5, 0.6) is 0 Å². The third-order valence-corrected chi connectivity index (χ3v) is 8.43. The van der Waals surface area contributed by atoms with Gasteiger partial charge in [-0.1, -0.05) is 47.5 Å². The Hall–Kier alpha value is -3.35. The van der Waals surface area contributed by atoms with Gasteiger partial charge in [-0.2, -0.15) is 4.31 Å². The van der Waals surface area contributed by atoms with Gasteiger partial charge in [-0.3, -0.25) is 9.36 Å². The van der Waals surface area contributed by atoms with Crippen LogP contribution in [-0.4, -0.2) is 64.1 Å². The molecule has 0 aliphatic carbocycles. The predicted molar refractivity (Wildman–Crippen MR) is 152 cm³/mol. The first-order valence-corrected chi connectivity index (χ1v) is 13.9. The Balaban J connectivity index is 1.54. The topological polar surface area (TPSA) is 113 Å². The highest BCUT2D eigenvalue weighted by atomic mass is 35.5. The minimum absolute atomic E-state index is 0.122. The van der Waals surface area contributed by atoms with E-state index in [4.69, 9.17) is 34.2 Å². The molecule has 1 N–H and O–H groups in total. The summed E-state index contributed by atoms with van der Waals surface area (Å²) in [6, 6.07) is 11.2. The first-order valence-electron chi connectivity index (χ1n) is 15.7. The molecule has 0 saturated carbocycles. The van der Waals surface area contributed by atoms with Crippen molar-refractivity contribution in [2.75, 3.05) is 30.9 Å². The summed E-state index contributed by atoms with van der Waals surface area (Å²) in [4.78, 5) is 27.7. The number of nitrogens with zero attached hydrogens (tertiary/aromatic N) is 6. The molecule has 2 aliphatic heterocycles. The molecular formula is C27H25Cl2N7O3S. The van der Waals surface area contributed by atoms with Crippen LogP contribution < -0.4 is 10.2 Å². The summed E-state index contributed by atoms with van der Waals surface area (Å²) in [7, 11) is -5.53. The van der Waals surface area contributed by atoms with Crippen molar-refractivity contribution in [2.24, 2.45) is 0 Å². The second-order valence-corrected chi connectivity index (χ2v) is 11.7. The fourth-order valence-corrected chi connectivity index (χ4v) is 6.44. The third kappa shape index (κ3) is 4.57. The van der Waals surface area contributed by atoms with Crippen LogP contribution in [0.25, 0.3) is 11.1 Å². The number of amides is 1. The van der Waals surface area contributed by atoms with Crippen LogP contribution in [-0.2, 0) is 26.8 Å². The van der Waals surface area contributed by atoms with Gasteiger partial charge in [0.2, 0.25) is 5.95 Å². The number of nitrogens with one attached hydrogen (secondary N) is 1. The first-order chi connectivity index (χ1) is 22.1. The molecule has 206 valence electrons. The lowest BCUT2D eigenvalue weighted by molar-refractivity contribution is -0.124. The molecule has 6 rings (SSSR count). The summed E-state index contributed by atoms with van der Waals surface area (Å²) in [6.45, 7) is -12.7. The number of rotatable bonds is 6.